The molecular weight excluding hydrogens is 336 g/mol. The van der Waals surface area contributed by atoms with Crippen molar-refractivity contribution in [2.24, 2.45) is 0 Å². The van der Waals surface area contributed by atoms with Gasteiger partial charge in [-0.1, -0.05) is 29.8 Å². The fourth-order valence-corrected chi connectivity index (χ4v) is 4.55. The zero-order valence-electron chi connectivity index (χ0n) is 12.5. The lowest BCUT2D eigenvalue weighted by Crippen LogP contribution is -2.00. The van der Waals surface area contributed by atoms with E-state index < -0.39 is 0 Å². The van der Waals surface area contributed by atoms with E-state index in [2.05, 4.69) is 18.2 Å². The number of hydrogen-bond donors (Lipinski definition) is 0. The van der Waals surface area contributed by atoms with Crippen molar-refractivity contribution in [2.45, 2.75) is 0 Å². The van der Waals surface area contributed by atoms with E-state index in [9.17, 15) is 4.79 Å². The topological polar surface area (TPSA) is 17.1 Å². The summed E-state index contributed by atoms with van der Waals surface area (Å²) in [7, 11) is 0. The molecule has 0 saturated heterocycles. The first-order valence-corrected chi connectivity index (χ1v) is 8.87. The number of hydrogen-bond acceptors (Lipinski definition) is 2. The van der Waals surface area contributed by atoms with Gasteiger partial charge in [-0.15, -0.1) is 11.3 Å². The van der Waals surface area contributed by atoms with Crippen LogP contribution in [-0.2, 0) is 0 Å². The molecule has 0 bridgehead atoms. The second-order valence-corrected chi connectivity index (χ2v) is 7.49. The van der Waals surface area contributed by atoms with Crippen LogP contribution in [0, 0.1) is 0 Å². The third kappa shape index (κ3) is 2.04. The first-order valence-electron chi connectivity index (χ1n) is 7.68. The third-order valence-corrected chi connectivity index (χ3v) is 5.82. The quantitative estimate of drug-likeness (QED) is 0.297. The Morgan fingerprint density at radius 3 is 2.33 bits per heavy atom. The van der Waals surface area contributed by atoms with Gasteiger partial charge in [0.15, 0.2) is 5.43 Å². The van der Waals surface area contributed by atoms with Crippen molar-refractivity contribution in [1.82, 2.24) is 0 Å². The van der Waals surface area contributed by atoms with Gasteiger partial charge in [-0.25, -0.2) is 0 Å². The summed E-state index contributed by atoms with van der Waals surface area (Å²) in [5.74, 6) is 0. The second-order valence-electron chi connectivity index (χ2n) is 5.97. The molecule has 0 N–H and O–H groups in total. The van der Waals surface area contributed by atoms with Crippen LogP contribution in [0.1, 0.15) is 0 Å². The second kappa shape index (κ2) is 5.04. The Morgan fingerprint density at radius 1 is 0.667 bits per heavy atom. The van der Waals surface area contributed by atoms with Crippen molar-refractivity contribution in [1.29, 1.82) is 0 Å². The van der Waals surface area contributed by atoms with Crippen LogP contribution in [0.5, 0.6) is 0 Å². The molecule has 5 rings (SSSR count). The molecule has 3 heteroatoms. The number of benzene rings is 4. The van der Waals surface area contributed by atoms with Crippen LogP contribution in [0.4, 0.5) is 0 Å². The lowest BCUT2D eigenvalue weighted by atomic mass is 10.0. The van der Waals surface area contributed by atoms with Crippen molar-refractivity contribution in [3.8, 4) is 0 Å². The van der Waals surface area contributed by atoms with E-state index in [0.717, 1.165) is 46.7 Å². The molecule has 0 spiro atoms. The van der Waals surface area contributed by atoms with Crippen LogP contribution >= 0.6 is 22.9 Å². The highest BCUT2D eigenvalue weighted by Crippen LogP contribution is 2.31. The minimum Gasteiger partial charge on any atom is -0.289 e. The monoisotopic (exact) mass is 346 g/mol. The van der Waals surface area contributed by atoms with Gasteiger partial charge in [0.1, 0.15) is 0 Å². The van der Waals surface area contributed by atoms with Crippen LogP contribution < -0.4 is 5.43 Å². The average Bonchev–Trinajstić information content (AvgIpc) is 2.59. The maximum absolute atomic E-state index is 12.8. The van der Waals surface area contributed by atoms with E-state index in [1.54, 1.807) is 11.3 Å². The van der Waals surface area contributed by atoms with E-state index in [-0.39, 0.29) is 5.43 Å². The lowest BCUT2D eigenvalue weighted by molar-refractivity contribution is 1.76. The van der Waals surface area contributed by atoms with Gasteiger partial charge in [0, 0.05) is 25.2 Å². The first-order chi connectivity index (χ1) is 11.7. The Balaban J connectivity index is 1.96. The molecular formula is C21H11ClOS. The van der Waals surface area contributed by atoms with E-state index in [1.807, 2.05) is 48.5 Å². The summed E-state index contributed by atoms with van der Waals surface area (Å²) in [6.45, 7) is 0. The molecule has 1 heterocycles. The summed E-state index contributed by atoms with van der Waals surface area (Å²) in [4.78, 5) is 12.8. The molecule has 0 atom stereocenters. The lowest BCUT2D eigenvalue weighted by Gasteiger charge is -2.06. The molecule has 0 unspecified atom stereocenters. The molecule has 0 aliphatic carbocycles. The zero-order valence-corrected chi connectivity index (χ0v) is 14.1. The highest BCUT2D eigenvalue weighted by Gasteiger charge is 2.08. The van der Waals surface area contributed by atoms with E-state index in [4.69, 9.17) is 11.6 Å². The van der Waals surface area contributed by atoms with Crippen LogP contribution in [0.3, 0.4) is 0 Å². The van der Waals surface area contributed by atoms with Crippen molar-refractivity contribution in [3.63, 3.8) is 0 Å². The van der Waals surface area contributed by atoms with Crippen molar-refractivity contribution in [2.75, 3.05) is 0 Å². The Bertz CT molecular complexity index is 1330. The fraction of sp³-hybridized carbons (Fsp3) is 0. The zero-order chi connectivity index (χ0) is 16.3. The van der Waals surface area contributed by atoms with E-state index >= 15 is 0 Å². The molecule has 1 nitrogen and oxygen atoms in total. The maximum atomic E-state index is 12.8. The van der Waals surface area contributed by atoms with Crippen LogP contribution in [0.2, 0.25) is 5.02 Å². The largest absolute Gasteiger partial charge is 0.289 e. The molecule has 0 amide bonds. The van der Waals surface area contributed by atoms with Gasteiger partial charge < -0.3 is 0 Å². The molecule has 0 aliphatic rings. The summed E-state index contributed by atoms with van der Waals surface area (Å²) in [5.41, 5.74) is 0.104. The maximum Gasteiger partial charge on any atom is 0.195 e. The Morgan fingerprint density at radius 2 is 1.42 bits per heavy atom. The third-order valence-electron chi connectivity index (χ3n) is 4.45. The molecule has 0 aliphatic heterocycles. The summed E-state index contributed by atoms with van der Waals surface area (Å²) >= 11 is 7.77. The van der Waals surface area contributed by atoms with Crippen molar-refractivity contribution < 1.29 is 0 Å². The smallest absolute Gasteiger partial charge is 0.195 e. The van der Waals surface area contributed by atoms with Gasteiger partial charge in [-0.05, 0) is 70.1 Å². The minimum absolute atomic E-state index is 0.104. The van der Waals surface area contributed by atoms with Gasteiger partial charge in [-0.3, -0.25) is 4.79 Å². The Kier molecular flexibility index (Phi) is 2.93. The molecule has 24 heavy (non-hydrogen) atoms. The summed E-state index contributed by atoms with van der Waals surface area (Å²) in [5, 5.41) is 6.75. The predicted octanol–water partition coefficient (Wildman–Crippen LogP) is 6.37. The molecule has 114 valence electrons. The van der Waals surface area contributed by atoms with Gasteiger partial charge in [0.05, 0.1) is 0 Å². The van der Waals surface area contributed by atoms with E-state index in [0.29, 0.717) is 0 Å². The molecule has 1 aromatic heterocycles. The normalized spacial score (nSPS) is 11.7. The van der Waals surface area contributed by atoms with Crippen LogP contribution in [0.25, 0.3) is 41.7 Å². The van der Waals surface area contributed by atoms with Gasteiger partial charge in [0.2, 0.25) is 0 Å². The van der Waals surface area contributed by atoms with E-state index in [1.165, 1.54) is 0 Å². The molecule has 0 fully saturated rings. The Hall–Kier alpha value is -2.42. The van der Waals surface area contributed by atoms with Gasteiger partial charge in [-0.2, -0.15) is 0 Å². The number of halogens is 1. The van der Waals surface area contributed by atoms with Crippen LogP contribution in [0.15, 0.2) is 71.5 Å². The highest BCUT2D eigenvalue weighted by atomic mass is 35.5. The van der Waals surface area contributed by atoms with Crippen LogP contribution in [-0.4, -0.2) is 0 Å². The Labute approximate surface area is 146 Å². The highest BCUT2D eigenvalue weighted by molar-refractivity contribution is 7.24. The SMILES string of the molecule is O=c1c2ccccc2sc2cc3cc4ccc(Cl)cc4cc3cc12. The molecule has 0 saturated carbocycles. The molecule has 5 aromatic rings. The standard InChI is InChI=1S/C21H11ClOS/c22-16-6-5-12-7-15-11-20-18(10-14(15)8-13(12)9-16)21(23)17-3-1-2-4-19(17)24-20/h1-11H. The minimum atomic E-state index is 0.104. The first kappa shape index (κ1) is 14.0. The molecule has 0 radical (unpaired) electrons. The van der Waals surface area contributed by atoms with Crippen molar-refractivity contribution >= 4 is 64.7 Å². The molecule has 4 aromatic carbocycles. The summed E-state index contributed by atoms with van der Waals surface area (Å²) in [6, 6.07) is 22.1. The average molecular weight is 347 g/mol. The van der Waals surface area contributed by atoms with Gasteiger partial charge in [0.25, 0.3) is 0 Å². The summed E-state index contributed by atoms with van der Waals surface area (Å²) < 4.78 is 2.06. The number of fused-ring (bicyclic) bond motifs is 4. The van der Waals surface area contributed by atoms with Crippen molar-refractivity contribution in [3.05, 3.63) is 82.0 Å². The fourth-order valence-electron chi connectivity index (χ4n) is 3.27. The van der Waals surface area contributed by atoms with Gasteiger partial charge >= 0.3 is 0 Å². The predicted molar refractivity (Wildman–Crippen MR) is 106 cm³/mol. The summed E-state index contributed by atoms with van der Waals surface area (Å²) in [6.07, 6.45) is 0. The number of rotatable bonds is 0.